The van der Waals surface area contributed by atoms with Crippen molar-refractivity contribution in [3.8, 4) is 45.5 Å². The molecule has 0 aliphatic rings. The van der Waals surface area contributed by atoms with Crippen molar-refractivity contribution < 1.29 is 0 Å². The van der Waals surface area contributed by atoms with E-state index < -0.39 is 0 Å². The fourth-order valence-electron chi connectivity index (χ4n) is 10.6. The Morgan fingerprint density at radius 2 is 0.809 bits per heavy atom. The Bertz CT molecular complexity index is 4570. The predicted octanol–water partition coefficient (Wildman–Crippen LogP) is 17.0. The van der Waals surface area contributed by atoms with Crippen molar-refractivity contribution in [2.45, 2.75) is 0 Å². The van der Waals surface area contributed by atoms with Crippen LogP contribution in [-0.4, -0.2) is 24.1 Å². The van der Waals surface area contributed by atoms with E-state index in [9.17, 15) is 0 Å². The third-order valence-electron chi connectivity index (χ3n) is 13.7. The van der Waals surface area contributed by atoms with Gasteiger partial charge in [-0.1, -0.05) is 127 Å². The Labute approximate surface area is 397 Å². The molecule has 68 heavy (non-hydrogen) atoms. The number of hydrogen-bond acceptors (Lipinski definition) is 5. The molecule has 0 aliphatic carbocycles. The van der Waals surface area contributed by atoms with E-state index in [1.807, 2.05) is 22.7 Å². The molecule has 0 radical (unpaired) electrons. The number of aromatic nitrogens is 5. The highest BCUT2D eigenvalue weighted by Crippen LogP contribution is 2.44. The predicted molar refractivity (Wildman–Crippen MR) is 288 cm³/mol. The molecule has 0 amide bonds. The normalized spacial score (nSPS) is 12.1. The molecule has 5 nitrogen and oxygen atoms in total. The minimum atomic E-state index is 0.614. The number of nitrogens with zero attached hydrogens (tertiary/aromatic N) is 5. The molecule has 5 aromatic heterocycles. The molecule has 0 spiro atoms. The van der Waals surface area contributed by atoms with E-state index >= 15 is 0 Å². The number of benzene rings is 10. The summed E-state index contributed by atoms with van der Waals surface area (Å²) in [6, 6.07) is 76.8. The third kappa shape index (κ3) is 5.64. The summed E-state index contributed by atoms with van der Waals surface area (Å²) in [6.07, 6.45) is 0. The standard InChI is InChI=1S/C61H35N5S2/c1-2-16-40(17-3-1)65-50-22-10-6-18-41(50)43-28-26-39(33-52(43)65)60-62-59(38-27-29-57-47(31-38)44-20-8-12-24-55(44)67-57)63-61(64-60)49-35-58-48(45-21-9-13-25-56(45)68-58)34-54(49)66-51-23-11-7-19-42(51)46-30-36-14-4-5-15-37(36)32-53(46)66/h1-35H. The van der Waals surface area contributed by atoms with Crippen LogP contribution < -0.4 is 0 Å². The van der Waals surface area contributed by atoms with Crippen LogP contribution in [0.2, 0.25) is 0 Å². The van der Waals surface area contributed by atoms with Crippen LogP contribution >= 0.6 is 22.7 Å². The monoisotopic (exact) mass is 901 g/mol. The Morgan fingerprint density at radius 3 is 1.56 bits per heavy atom. The smallest absolute Gasteiger partial charge is 0.166 e. The van der Waals surface area contributed by atoms with Gasteiger partial charge in [0.05, 0.1) is 27.8 Å². The van der Waals surface area contributed by atoms with Crippen LogP contribution in [0.15, 0.2) is 212 Å². The van der Waals surface area contributed by atoms with E-state index in [1.54, 1.807) is 0 Å². The van der Waals surface area contributed by atoms with Crippen LogP contribution in [0.3, 0.4) is 0 Å². The van der Waals surface area contributed by atoms with Gasteiger partial charge in [0.2, 0.25) is 0 Å². The van der Waals surface area contributed by atoms with Gasteiger partial charge in [0, 0.05) is 84.3 Å². The second-order valence-corrected chi connectivity index (χ2v) is 19.7. The van der Waals surface area contributed by atoms with E-state index in [1.165, 1.54) is 72.7 Å². The van der Waals surface area contributed by atoms with Crippen LogP contribution in [-0.2, 0) is 0 Å². The van der Waals surface area contributed by atoms with Crippen molar-refractivity contribution in [1.82, 2.24) is 24.1 Å². The van der Waals surface area contributed by atoms with Gasteiger partial charge >= 0.3 is 0 Å². The van der Waals surface area contributed by atoms with Crippen LogP contribution in [0.1, 0.15) is 0 Å². The molecular formula is C61H35N5S2. The molecule has 316 valence electrons. The highest BCUT2D eigenvalue weighted by Gasteiger charge is 2.23. The van der Waals surface area contributed by atoms with Crippen LogP contribution in [0.4, 0.5) is 0 Å². The lowest BCUT2D eigenvalue weighted by atomic mass is 10.0. The summed E-state index contributed by atoms with van der Waals surface area (Å²) in [4.78, 5) is 16.5. The topological polar surface area (TPSA) is 48.5 Å². The molecule has 0 bridgehead atoms. The molecule has 0 atom stereocenters. The summed E-state index contributed by atoms with van der Waals surface area (Å²) in [5, 5.41) is 12.1. The molecule has 0 saturated heterocycles. The van der Waals surface area contributed by atoms with Gasteiger partial charge in [0.15, 0.2) is 17.5 Å². The molecule has 15 rings (SSSR count). The van der Waals surface area contributed by atoms with E-state index in [0.717, 1.165) is 50.1 Å². The third-order valence-corrected chi connectivity index (χ3v) is 16.0. The zero-order chi connectivity index (χ0) is 44.5. The maximum absolute atomic E-state index is 5.57. The van der Waals surface area contributed by atoms with Gasteiger partial charge in [0.1, 0.15) is 0 Å². The Hall–Kier alpha value is -8.49. The quantitative estimate of drug-likeness (QED) is 0.173. The molecule has 5 heterocycles. The average Bonchev–Trinajstić information content (AvgIpc) is 4.14. The maximum Gasteiger partial charge on any atom is 0.166 e. The Kier molecular flexibility index (Phi) is 8.04. The minimum absolute atomic E-state index is 0.614. The molecule has 0 N–H and O–H groups in total. The Morgan fingerprint density at radius 1 is 0.294 bits per heavy atom. The first-order chi connectivity index (χ1) is 33.7. The molecule has 0 aliphatic heterocycles. The summed E-state index contributed by atoms with van der Waals surface area (Å²) in [5.41, 5.74) is 9.42. The zero-order valence-electron chi connectivity index (χ0n) is 36.3. The van der Waals surface area contributed by atoms with Crippen LogP contribution in [0.5, 0.6) is 0 Å². The van der Waals surface area contributed by atoms with Gasteiger partial charge in [-0.2, -0.15) is 0 Å². The van der Waals surface area contributed by atoms with Crippen LogP contribution in [0.25, 0.3) is 140 Å². The van der Waals surface area contributed by atoms with Crippen molar-refractivity contribution in [2.24, 2.45) is 0 Å². The molecule has 10 aromatic carbocycles. The maximum atomic E-state index is 5.57. The molecule has 0 unspecified atom stereocenters. The average molecular weight is 902 g/mol. The van der Waals surface area contributed by atoms with E-state index in [0.29, 0.717) is 17.5 Å². The number of thiophene rings is 2. The highest BCUT2D eigenvalue weighted by atomic mass is 32.1. The van der Waals surface area contributed by atoms with Gasteiger partial charge in [0.25, 0.3) is 0 Å². The number of rotatable bonds is 5. The van der Waals surface area contributed by atoms with E-state index in [2.05, 4.69) is 221 Å². The summed E-state index contributed by atoms with van der Waals surface area (Å²) >= 11 is 3.63. The lowest BCUT2D eigenvalue weighted by Crippen LogP contribution is -2.04. The van der Waals surface area contributed by atoms with E-state index in [-0.39, 0.29) is 0 Å². The molecule has 15 aromatic rings. The van der Waals surface area contributed by atoms with Gasteiger partial charge in [-0.05, 0) is 95.7 Å². The van der Waals surface area contributed by atoms with Crippen molar-refractivity contribution in [2.75, 3.05) is 0 Å². The SMILES string of the molecule is c1ccc(-n2c3ccccc3c3ccc(-c4nc(-c5ccc6sc7ccccc7c6c5)nc(-c5cc6sc7ccccc7c6cc5-n5c6ccccc6c6cc7ccccc7cc65)n4)cc32)cc1. The summed E-state index contributed by atoms with van der Waals surface area (Å²) in [5.74, 6) is 1.86. The summed E-state index contributed by atoms with van der Waals surface area (Å²) in [6.45, 7) is 0. The fraction of sp³-hybridized carbons (Fsp3) is 0. The lowest BCUT2D eigenvalue weighted by Gasteiger charge is -2.16. The number of fused-ring (bicyclic) bond motifs is 13. The van der Waals surface area contributed by atoms with Gasteiger partial charge < -0.3 is 9.13 Å². The van der Waals surface area contributed by atoms with Gasteiger partial charge in [-0.15, -0.1) is 22.7 Å². The van der Waals surface area contributed by atoms with Crippen molar-refractivity contribution >= 4 is 117 Å². The van der Waals surface area contributed by atoms with Crippen molar-refractivity contribution in [1.29, 1.82) is 0 Å². The van der Waals surface area contributed by atoms with Crippen molar-refractivity contribution in [3.63, 3.8) is 0 Å². The highest BCUT2D eigenvalue weighted by molar-refractivity contribution is 7.26. The van der Waals surface area contributed by atoms with E-state index in [4.69, 9.17) is 15.0 Å². The molecule has 0 saturated carbocycles. The molecular weight excluding hydrogens is 867 g/mol. The van der Waals surface area contributed by atoms with Crippen molar-refractivity contribution in [3.05, 3.63) is 212 Å². The largest absolute Gasteiger partial charge is 0.309 e. The van der Waals surface area contributed by atoms with Crippen LogP contribution in [0, 0.1) is 0 Å². The fourth-order valence-corrected chi connectivity index (χ4v) is 12.8. The zero-order valence-corrected chi connectivity index (χ0v) is 37.9. The lowest BCUT2D eigenvalue weighted by molar-refractivity contribution is 1.07. The minimum Gasteiger partial charge on any atom is -0.309 e. The number of para-hydroxylation sites is 3. The second kappa shape index (κ2) is 14.5. The van der Waals surface area contributed by atoms with Gasteiger partial charge in [-0.25, -0.2) is 15.0 Å². The van der Waals surface area contributed by atoms with Gasteiger partial charge in [-0.3, -0.25) is 0 Å². The first kappa shape index (κ1) is 37.7. The first-order valence-electron chi connectivity index (χ1n) is 22.8. The number of hydrogen-bond donors (Lipinski definition) is 0. The summed E-state index contributed by atoms with van der Waals surface area (Å²) < 4.78 is 9.72. The molecule has 0 fully saturated rings. The molecule has 7 heteroatoms. The second-order valence-electron chi connectivity index (χ2n) is 17.6. The Balaban J connectivity index is 1.05. The first-order valence-corrected chi connectivity index (χ1v) is 24.5. The summed E-state index contributed by atoms with van der Waals surface area (Å²) in [7, 11) is 0.